The maximum absolute atomic E-state index is 12.9. The van der Waals surface area contributed by atoms with E-state index in [0.29, 0.717) is 19.3 Å². The van der Waals surface area contributed by atoms with Crippen LogP contribution < -0.4 is 0 Å². The second kappa shape index (κ2) is 70.3. The highest BCUT2D eigenvalue weighted by Crippen LogP contribution is 2.18. The van der Waals surface area contributed by atoms with Crippen molar-refractivity contribution >= 4 is 17.9 Å². The summed E-state index contributed by atoms with van der Waals surface area (Å²) in [5, 5.41) is 0. The lowest BCUT2D eigenvalue weighted by Crippen LogP contribution is -2.30. The number of carbonyl (C=O) groups excluding carboxylic acids is 3. The zero-order chi connectivity index (χ0) is 59.2. The number of allylic oxidation sites excluding steroid dienone is 12. The van der Waals surface area contributed by atoms with Crippen LogP contribution in [0, 0.1) is 0 Å². The zero-order valence-corrected chi connectivity index (χ0v) is 54.8. The molecule has 0 rings (SSSR count). The van der Waals surface area contributed by atoms with Crippen LogP contribution in [0.15, 0.2) is 72.9 Å². The van der Waals surface area contributed by atoms with Crippen molar-refractivity contribution < 1.29 is 28.6 Å². The van der Waals surface area contributed by atoms with Gasteiger partial charge < -0.3 is 14.2 Å². The standard InChI is InChI=1S/C76H136O6/c1-4-7-10-13-16-19-22-24-26-28-30-31-32-33-34-35-36-37-38-39-40-41-42-43-44-45-47-48-50-52-54-57-60-63-66-69-75(78)81-72-73(71-80-74(77)68-65-62-59-56-21-18-15-12-9-6-3)82-76(79)70-67-64-61-58-55-53-51-49-46-29-27-25-23-20-17-14-11-8-5-2/h8,11,17,20,25,27-28,30,46,49,53,55,73H,4-7,9-10,12-16,18-19,21-24,26,29,31-45,47-48,50-52,54,56-72H2,1-3H3/b11-8-,20-17-,27-25-,30-28-,49-46-,55-53-. The maximum Gasteiger partial charge on any atom is 0.306 e. The average molecular weight is 1150 g/mol. The Labute approximate surface area is 510 Å². The Morgan fingerprint density at radius 2 is 0.476 bits per heavy atom. The minimum absolute atomic E-state index is 0.0846. The number of carbonyl (C=O) groups is 3. The van der Waals surface area contributed by atoms with E-state index in [1.807, 2.05) is 0 Å². The van der Waals surface area contributed by atoms with E-state index in [1.165, 1.54) is 238 Å². The Kier molecular flexibility index (Phi) is 67.6. The van der Waals surface area contributed by atoms with Crippen LogP contribution in [-0.4, -0.2) is 37.2 Å². The van der Waals surface area contributed by atoms with E-state index in [4.69, 9.17) is 14.2 Å². The van der Waals surface area contributed by atoms with Gasteiger partial charge in [0.05, 0.1) is 0 Å². The molecule has 0 saturated carbocycles. The van der Waals surface area contributed by atoms with Crippen molar-refractivity contribution in [2.45, 2.75) is 380 Å². The fraction of sp³-hybridized carbons (Fsp3) is 0.803. The van der Waals surface area contributed by atoms with Crippen molar-refractivity contribution in [2.75, 3.05) is 13.2 Å². The molecule has 0 amide bonds. The van der Waals surface area contributed by atoms with Gasteiger partial charge in [-0.25, -0.2) is 0 Å². The van der Waals surface area contributed by atoms with Crippen LogP contribution in [0.5, 0.6) is 0 Å². The van der Waals surface area contributed by atoms with Crippen molar-refractivity contribution in [2.24, 2.45) is 0 Å². The second-order valence-electron chi connectivity index (χ2n) is 24.1. The van der Waals surface area contributed by atoms with E-state index < -0.39 is 6.10 Å². The average Bonchev–Trinajstić information content (AvgIpc) is 3.48. The Bertz CT molecular complexity index is 1500. The minimum atomic E-state index is -0.791. The molecule has 0 heterocycles. The monoisotopic (exact) mass is 1150 g/mol. The topological polar surface area (TPSA) is 78.9 Å². The fourth-order valence-corrected chi connectivity index (χ4v) is 10.6. The first kappa shape index (κ1) is 78.8. The summed E-state index contributed by atoms with van der Waals surface area (Å²) in [4.78, 5) is 38.3. The Morgan fingerprint density at radius 3 is 0.768 bits per heavy atom. The third-order valence-corrected chi connectivity index (χ3v) is 15.9. The molecule has 0 aliphatic rings. The van der Waals surface area contributed by atoms with E-state index in [0.717, 1.165) is 96.3 Å². The Hall–Kier alpha value is -3.15. The molecule has 1 atom stereocenters. The SMILES string of the molecule is CC/C=C\C/C=C\C/C=C\C/C=C\C/C=C\CCCCCC(=O)OC(COC(=O)CCCCCCCCCCCC)COC(=O)CCCCCCCCCCCCCCCCCCCCCCCCC/C=C\CCCCCCCCCC. The molecule has 0 aromatic carbocycles. The summed E-state index contributed by atoms with van der Waals surface area (Å²) in [6, 6.07) is 0. The van der Waals surface area contributed by atoms with Gasteiger partial charge in [0.1, 0.15) is 13.2 Å². The molecule has 476 valence electrons. The molecule has 1 unspecified atom stereocenters. The molecule has 82 heavy (non-hydrogen) atoms. The highest BCUT2D eigenvalue weighted by Gasteiger charge is 2.19. The molecule has 0 radical (unpaired) electrons. The number of hydrogen-bond donors (Lipinski definition) is 0. The van der Waals surface area contributed by atoms with Gasteiger partial charge in [-0.15, -0.1) is 0 Å². The molecule has 0 bridgehead atoms. The number of hydrogen-bond acceptors (Lipinski definition) is 6. The first-order valence-electron chi connectivity index (χ1n) is 35.9. The molecule has 0 aromatic heterocycles. The van der Waals surface area contributed by atoms with Crippen molar-refractivity contribution in [1.29, 1.82) is 0 Å². The quantitative estimate of drug-likeness (QED) is 0.0261. The van der Waals surface area contributed by atoms with Crippen LogP contribution in [0.2, 0.25) is 0 Å². The second-order valence-corrected chi connectivity index (χ2v) is 24.1. The molecule has 0 fully saturated rings. The van der Waals surface area contributed by atoms with E-state index in [1.54, 1.807) is 0 Å². The van der Waals surface area contributed by atoms with Crippen LogP contribution >= 0.6 is 0 Å². The van der Waals surface area contributed by atoms with Gasteiger partial charge in [-0.1, -0.05) is 338 Å². The summed E-state index contributed by atoms with van der Waals surface area (Å²) >= 11 is 0. The van der Waals surface area contributed by atoms with E-state index in [9.17, 15) is 14.4 Å². The van der Waals surface area contributed by atoms with Crippen molar-refractivity contribution in [1.82, 2.24) is 0 Å². The Balaban J connectivity index is 4.07. The zero-order valence-electron chi connectivity index (χ0n) is 54.8. The van der Waals surface area contributed by atoms with E-state index in [2.05, 4.69) is 93.7 Å². The van der Waals surface area contributed by atoms with Gasteiger partial charge in [-0.3, -0.25) is 14.4 Å². The minimum Gasteiger partial charge on any atom is -0.462 e. The number of esters is 3. The largest absolute Gasteiger partial charge is 0.462 e. The van der Waals surface area contributed by atoms with Gasteiger partial charge in [0.25, 0.3) is 0 Å². The van der Waals surface area contributed by atoms with Gasteiger partial charge in [0.2, 0.25) is 0 Å². The molecule has 0 N–H and O–H groups in total. The summed E-state index contributed by atoms with van der Waals surface area (Å²) in [6.45, 7) is 6.53. The normalized spacial score (nSPS) is 12.5. The molecule has 0 spiro atoms. The Morgan fingerprint density at radius 1 is 0.256 bits per heavy atom. The lowest BCUT2D eigenvalue weighted by atomic mass is 10.0. The summed E-state index contributed by atoms with van der Waals surface area (Å²) < 4.78 is 16.9. The highest BCUT2D eigenvalue weighted by atomic mass is 16.6. The lowest BCUT2D eigenvalue weighted by Gasteiger charge is -2.18. The van der Waals surface area contributed by atoms with Crippen molar-refractivity contribution in [3.05, 3.63) is 72.9 Å². The van der Waals surface area contributed by atoms with Gasteiger partial charge in [-0.2, -0.15) is 0 Å². The van der Waals surface area contributed by atoms with Crippen molar-refractivity contribution in [3.8, 4) is 0 Å². The van der Waals surface area contributed by atoms with Crippen LogP contribution in [0.25, 0.3) is 0 Å². The van der Waals surface area contributed by atoms with Gasteiger partial charge in [-0.05, 0) is 89.9 Å². The highest BCUT2D eigenvalue weighted by molar-refractivity contribution is 5.71. The summed E-state index contributed by atoms with van der Waals surface area (Å²) in [5.41, 5.74) is 0. The van der Waals surface area contributed by atoms with Gasteiger partial charge in [0, 0.05) is 19.3 Å². The first-order valence-corrected chi connectivity index (χ1v) is 35.9. The number of rotatable bonds is 66. The smallest absolute Gasteiger partial charge is 0.306 e. The third-order valence-electron chi connectivity index (χ3n) is 15.9. The van der Waals surface area contributed by atoms with Gasteiger partial charge in [0.15, 0.2) is 6.10 Å². The van der Waals surface area contributed by atoms with Gasteiger partial charge >= 0.3 is 17.9 Å². The van der Waals surface area contributed by atoms with E-state index in [-0.39, 0.29) is 31.1 Å². The summed E-state index contributed by atoms with van der Waals surface area (Å²) in [5.74, 6) is -0.900. The predicted octanol–water partition coefficient (Wildman–Crippen LogP) is 24.8. The van der Waals surface area contributed by atoms with Crippen LogP contribution in [0.1, 0.15) is 374 Å². The maximum atomic E-state index is 12.9. The van der Waals surface area contributed by atoms with E-state index >= 15 is 0 Å². The van der Waals surface area contributed by atoms with Crippen LogP contribution in [-0.2, 0) is 28.6 Å². The molecule has 0 aliphatic heterocycles. The predicted molar refractivity (Wildman–Crippen MR) is 358 cm³/mol. The summed E-state index contributed by atoms with van der Waals surface area (Å²) in [7, 11) is 0. The number of unbranched alkanes of at least 4 members (excludes halogenated alkanes) is 43. The first-order chi connectivity index (χ1) is 40.5. The molecule has 0 aliphatic carbocycles. The molecule has 0 saturated heterocycles. The van der Waals surface area contributed by atoms with Crippen LogP contribution in [0.4, 0.5) is 0 Å². The fourth-order valence-electron chi connectivity index (χ4n) is 10.6. The number of ether oxygens (including phenoxy) is 3. The molecular weight excluding hydrogens is 1010 g/mol. The molecular formula is C76H136O6. The molecule has 6 heteroatoms. The molecule has 6 nitrogen and oxygen atoms in total. The molecule has 0 aromatic rings. The van der Waals surface area contributed by atoms with Crippen LogP contribution in [0.3, 0.4) is 0 Å². The lowest BCUT2D eigenvalue weighted by molar-refractivity contribution is -0.167. The van der Waals surface area contributed by atoms with Crippen molar-refractivity contribution in [3.63, 3.8) is 0 Å². The summed E-state index contributed by atoms with van der Waals surface area (Å²) in [6.07, 6.45) is 92.5. The third kappa shape index (κ3) is 67.6.